The number of nitrogens with one attached hydrogen (secondary N) is 1. The average molecular weight is 209 g/mol. The number of unbranched alkanes of at least 4 members (excludes halogenated alkanes) is 3. The van der Waals surface area contributed by atoms with Crippen molar-refractivity contribution >= 4 is 7.60 Å². The van der Waals surface area contributed by atoms with Gasteiger partial charge in [-0.15, -0.1) is 0 Å². The molecule has 0 aromatic rings. The Bertz CT molecular complexity index is 163. The van der Waals surface area contributed by atoms with E-state index in [1.165, 1.54) is 12.8 Å². The van der Waals surface area contributed by atoms with Crippen LogP contribution in [0.2, 0.25) is 0 Å². The Hall–Kier alpha value is 0.110. The summed E-state index contributed by atoms with van der Waals surface area (Å²) in [5, 5.41) is 0. The second-order valence-corrected chi connectivity index (χ2v) is 5.09. The number of hydroxylamine groups is 1. The van der Waals surface area contributed by atoms with Gasteiger partial charge in [0, 0.05) is 12.7 Å². The summed E-state index contributed by atoms with van der Waals surface area (Å²) in [6.45, 7) is 4.41. The lowest BCUT2D eigenvalue weighted by Gasteiger charge is -2.09. The van der Waals surface area contributed by atoms with Crippen molar-refractivity contribution in [1.29, 1.82) is 0 Å². The lowest BCUT2D eigenvalue weighted by molar-refractivity contribution is 0.165. The van der Waals surface area contributed by atoms with E-state index in [1.807, 2.05) is 0 Å². The highest BCUT2D eigenvalue weighted by atomic mass is 31.2. The summed E-state index contributed by atoms with van der Waals surface area (Å²) in [7, 11) is -3.34. The van der Waals surface area contributed by atoms with Crippen LogP contribution in [-0.4, -0.2) is 17.6 Å². The topological polar surface area (TPSA) is 58.6 Å². The normalized spacial score (nSPS) is 15.6. The number of hydrogen-bond acceptors (Lipinski definition) is 3. The lowest BCUT2D eigenvalue weighted by atomic mass is 10.2. The predicted molar refractivity (Wildman–Crippen MR) is 53.6 cm³/mol. The monoisotopic (exact) mass is 209 g/mol. The highest BCUT2D eigenvalue weighted by molar-refractivity contribution is 7.52. The molecule has 0 saturated carbocycles. The molecule has 0 bridgehead atoms. The molecule has 0 aromatic carbocycles. The quantitative estimate of drug-likeness (QED) is 0.366. The SMILES string of the molecule is CCCCCCNOP(=O)(O)CC. The molecule has 0 amide bonds. The second-order valence-electron chi connectivity index (χ2n) is 3.00. The van der Waals surface area contributed by atoms with Crippen molar-refractivity contribution < 1.29 is 14.1 Å². The van der Waals surface area contributed by atoms with E-state index >= 15 is 0 Å². The minimum absolute atomic E-state index is 0.148. The third-order valence-corrected chi connectivity index (χ3v) is 2.95. The molecule has 0 rings (SSSR count). The van der Waals surface area contributed by atoms with Crippen LogP contribution in [0.4, 0.5) is 0 Å². The molecule has 0 heterocycles. The maximum Gasteiger partial charge on any atom is 0.344 e. The van der Waals surface area contributed by atoms with Crippen LogP contribution in [0, 0.1) is 0 Å². The molecule has 1 unspecified atom stereocenters. The molecule has 4 nitrogen and oxygen atoms in total. The Labute approximate surface area is 80.2 Å². The van der Waals surface area contributed by atoms with Crippen LogP contribution in [-0.2, 0) is 9.19 Å². The molecule has 0 aromatic heterocycles. The number of hydrogen-bond donors (Lipinski definition) is 2. The smallest absolute Gasteiger partial charge is 0.323 e. The van der Waals surface area contributed by atoms with Crippen molar-refractivity contribution in [2.75, 3.05) is 12.7 Å². The van der Waals surface area contributed by atoms with Gasteiger partial charge in [0.2, 0.25) is 0 Å². The molecule has 0 saturated heterocycles. The summed E-state index contributed by atoms with van der Waals surface area (Å²) in [6, 6.07) is 0. The molecule has 0 spiro atoms. The summed E-state index contributed by atoms with van der Waals surface area (Å²) < 4.78 is 15.6. The maximum atomic E-state index is 10.9. The zero-order valence-corrected chi connectivity index (χ0v) is 9.35. The van der Waals surface area contributed by atoms with Gasteiger partial charge >= 0.3 is 7.60 Å². The Kier molecular flexibility index (Phi) is 7.57. The largest absolute Gasteiger partial charge is 0.344 e. The number of rotatable bonds is 8. The van der Waals surface area contributed by atoms with E-state index in [-0.39, 0.29) is 6.16 Å². The van der Waals surface area contributed by atoms with Gasteiger partial charge in [-0.1, -0.05) is 33.1 Å². The first-order chi connectivity index (χ1) is 6.12. The van der Waals surface area contributed by atoms with Crippen LogP contribution in [0.15, 0.2) is 0 Å². The summed E-state index contributed by atoms with van der Waals surface area (Å²) in [5.74, 6) is 0. The minimum atomic E-state index is -3.34. The predicted octanol–water partition coefficient (Wildman–Crippen LogP) is 2.29. The minimum Gasteiger partial charge on any atom is -0.323 e. The van der Waals surface area contributed by atoms with Crippen LogP contribution in [0.3, 0.4) is 0 Å². The molecular weight excluding hydrogens is 189 g/mol. The van der Waals surface area contributed by atoms with Gasteiger partial charge in [0.05, 0.1) is 0 Å². The molecule has 5 heteroatoms. The van der Waals surface area contributed by atoms with Crippen LogP contribution in [0.25, 0.3) is 0 Å². The third-order valence-electron chi connectivity index (χ3n) is 1.74. The van der Waals surface area contributed by atoms with Crippen molar-refractivity contribution in [3.05, 3.63) is 0 Å². The molecule has 0 radical (unpaired) electrons. The fraction of sp³-hybridized carbons (Fsp3) is 1.00. The van der Waals surface area contributed by atoms with Gasteiger partial charge in [-0.3, -0.25) is 4.57 Å². The van der Waals surface area contributed by atoms with Gasteiger partial charge in [-0.25, -0.2) is 4.62 Å². The average Bonchev–Trinajstić information content (AvgIpc) is 2.11. The molecule has 1 atom stereocenters. The summed E-state index contributed by atoms with van der Waals surface area (Å²) in [4.78, 5) is 9.00. The van der Waals surface area contributed by atoms with Crippen molar-refractivity contribution in [1.82, 2.24) is 5.48 Å². The summed E-state index contributed by atoms with van der Waals surface area (Å²) in [5.41, 5.74) is 2.52. The van der Waals surface area contributed by atoms with Gasteiger partial charge < -0.3 is 4.89 Å². The highest BCUT2D eigenvalue weighted by Crippen LogP contribution is 2.39. The summed E-state index contributed by atoms with van der Waals surface area (Å²) >= 11 is 0. The van der Waals surface area contributed by atoms with E-state index < -0.39 is 7.60 Å². The molecule has 0 aliphatic heterocycles. The zero-order valence-electron chi connectivity index (χ0n) is 8.45. The van der Waals surface area contributed by atoms with E-state index in [0.29, 0.717) is 6.54 Å². The van der Waals surface area contributed by atoms with Gasteiger partial charge in [0.15, 0.2) is 0 Å². The second kappa shape index (κ2) is 7.51. The van der Waals surface area contributed by atoms with Crippen molar-refractivity contribution in [3.63, 3.8) is 0 Å². The Morgan fingerprint density at radius 3 is 2.54 bits per heavy atom. The Balaban J connectivity index is 3.21. The molecule has 0 aliphatic rings. The molecule has 2 N–H and O–H groups in total. The fourth-order valence-corrected chi connectivity index (χ4v) is 1.26. The Morgan fingerprint density at radius 1 is 1.31 bits per heavy atom. The van der Waals surface area contributed by atoms with Crippen molar-refractivity contribution in [2.45, 2.75) is 39.5 Å². The lowest BCUT2D eigenvalue weighted by Crippen LogP contribution is -2.14. The van der Waals surface area contributed by atoms with Gasteiger partial charge in [-0.05, 0) is 6.42 Å². The van der Waals surface area contributed by atoms with Crippen LogP contribution in [0.5, 0.6) is 0 Å². The standard InChI is InChI=1S/C8H20NO3P/c1-3-5-6-7-8-9-12-13(10,11)4-2/h9H,3-8H2,1-2H3,(H,10,11). The zero-order chi connectivity index (χ0) is 10.2. The molecule has 13 heavy (non-hydrogen) atoms. The molecule has 0 aliphatic carbocycles. The molecule has 0 fully saturated rings. The van der Waals surface area contributed by atoms with E-state index in [4.69, 9.17) is 4.89 Å². The van der Waals surface area contributed by atoms with Gasteiger partial charge in [0.25, 0.3) is 0 Å². The van der Waals surface area contributed by atoms with Crippen molar-refractivity contribution in [3.8, 4) is 0 Å². The summed E-state index contributed by atoms with van der Waals surface area (Å²) in [6.07, 6.45) is 4.65. The van der Waals surface area contributed by atoms with Crippen molar-refractivity contribution in [2.24, 2.45) is 0 Å². The van der Waals surface area contributed by atoms with E-state index in [9.17, 15) is 4.57 Å². The van der Waals surface area contributed by atoms with Gasteiger partial charge in [-0.2, -0.15) is 5.48 Å². The third kappa shape index (κ3) is 8.44. The highest BCUT2D eigenvalue weighted by Gasteiger charge is 2.14. The van der Waals surface area contributed by atoms with Crippen LogP contribution < -0.4 is 5.48 Å². The van der Waals surface area contributed by atoms with E-state index in [2.05, 4.69) is 17.0 Å². The first-order valence-electron chi connectivity index (χ1n) is 4.85. The van der Waals surface area contributed by atoms with Gasteiger partial charge in [0.1, 0.15) is 0 Å². The molecular formula is C8H20NO3P. The first kappa shape index (κ1) is 13.1. The van der Waals surface area contributed by atoms with E-state index in [1.54, 1.807) is 6.92 Å². The first-order valence-corrected chi connectivity index (χ1v) is 6.62. The van der Waals surface area contributed by atoms with E-state index in [0.717, 1.165) is 12.8 Å². The van der Waals surface area contributed by atoms with Crippen LogP contribution in [0.1, 0.15) is 39.5 Å². The molecule has 80 valence electrons. The fourth-order valence-electron chi connectivity index (χ4n) is 0.835. The maximum absolute atomic E-state index is 10.9. The Morgan fingerprint density at radius 2 is 2.00 bits per heavy atom. The van der Waals surface area contributed by atoms with Crippen LogP contribution >= 0.6 is 7.60 Å².